The van der Waals surface area contributed by atoms with Gasteiger partial charge in [-0.2, -0.15) is 0 Å². The molecule has 22 heavy (non-hydrogen) atoms. The van der Waals surface area contributed by atoms with Crippen LogP contribution < -0.4 is 0 Å². The maximum Gasteiger partial charge on any atom is 0.273 e. The highest BCUT2D eigenvalue weighted by molar-refractivity contribution is 7.10. The summed E-state index contributed by atoms with van der Waals surface area (Å²) < 4.78 is 2.23. The van der Waals surface area contributed by atoms with Crippen molar-refractivity contribution >= 4 is 17.2 Å². The fourth-order valence-electron chi connectivity index (χ4n) is 3.08. The molecule has 1 aliphatic rings. The summed E-state index contributed by atoms with van der Waals surface area (Å²) >= 11 is 1.58. The zero-order valence-electron chi connectivity index (χ0n) is 13.3. The van der Waals surface area contributed by atoms with Crippen molar-refractivity contribution in [1.29, 1.82) is 0 Å². The summed E-state index contributed by atoms with van der Waals surface area (Å²) in [5.41, 5.74) is 3.62. The van der Waals surface area contributed by atoms with Crippen molar-refractivity contribution < 1.29 is 4.79 Å². The molecule has 2 aromatic rings. The fraction of sp³-hybridized carbons (Fsp3) is 0.562. The molecular formula is C16H22N4OS. The molecule has 3 rings (SSSR count). The highest BCUT2D eigenvalue weighted by atomic mass is 32.1. The van der Waals surface area contributed by atoms with E-state index in [0.29, 0.717) is 17.7 Å². The second kappa shape index (κ2) is 6.20. The lowest BCUT2D eigenvalue weighted by molar-refractivity contribution is 0.0687. The molecule has 3 heterocycles. The normalized spacial score (nSPS) is 16.5. The summed E-state index contributed by atoms with van der Waals surface area (Å²) in [4.78, 5) is 24.2. The predicted molar refractivity (Wildman–Crippen MR) is 87.3 cm³/mol. The third-order valence-corrected chi connectivity index (χ3v) is 5.46. The average Bonchev–Trinajstić information content (AvgIpc) is 3.15. The van der Waals surface area contributed by atoms with Gasteiger partial charge in [-0.05, 0) is 25.7 Å². The maximum atomic E-state index is 12.7. The van der Waals surface area contributed by atoms with Crippen LogP contribution in [0.3, 0.4) is 0 Å². The van der Waals surface area contributed by atoms with Crippen LogP contribution in [0.4, 0.5) is 0 Å². The number of carbonyl (C=O) groups excluding carboxylic acids is 1. The zero-order valence-corrected chi connectivity index (χ0v) is 14.1. The summed E-state index contributed by atoms with van der Waals surface area (Å²) in [5.74, 6) is 0.434. The van der Waals surface area contributed by atoms with Gasteiger partial charge in [-0.25, -0.2) is 9.97 Å². The van der Waals surface area contributed by atoms with Gasteiger partial charge in [0.2, 0.25) is 0 Å². The Labute approximate surface area is 135 Å². The van der Waals surface area contributed by atoms with Crippen LogP contribution >= 0.6 is 11.3 Å². The molecule has 1 amide bonds. The molecule has 0 aromatic carbocycles. The van der Waals surface area contributed by atoms with E-state index in [-0.39, 0.29) is 5.91 Å². The first-order valence-corrected chi connectivity index (χ1v) is 8.67. The smallest absolute Gasteiger partial charge is 0.273 e. The second-order valence-electron chi connectivity index (χ2n) is 6.19. The first kappa shape index (κ1) is 15.2. The third-order valence-electron chi connectivity index (χ3n) is 4.33. The second-order valence-corrected chi connectivity index (χ2v) is 7.07. The molecule has 2 aromatic heterocycles. The Morgan fingerprint density at radius 2 is 2.09 bits per heavy atom. The van der Waals surface area contributed by atoms with Gasteiger partial charge >= 0.3 is 0 Å². The minimum Gasteiger partial charge on any atom is -0.337 e. The lowest BCUT2D eigenvalue weighted by Gasteiger charge is -2.33. The Bertz CT molecular complexity index is 653. The monoisotopic (exact) mass is 318 g/mol. The molecule has 6 heteroatoms. The van der Waals surface area contributed by atoms with E-state index in [2.05, 4.69) is 35.3 Å². The molecule has 1 aliphatic heterocycles. The molecule has 0 N–H and O–H groups in total. The van der Waals surface area contributed by atoms with Gasteiger partial charge in [0, 0.05) is 35.9 Å². The van der Waals surface area contributed by atoms with E-state index < -0.39 is 0 Å². The van der Waals surface area contributed by atoms with Gasteiger partial charge in [-0.1, -0.05) is 13.8 Å². The number of imidazole rings is 1. The van der Waals surface area contributed by atoms with Crippen molar-refractivity contribution in [3.05, 3.63) is 34.3 Å². The van der Waals surface area contributed by atoms with E-state index in [4.69, 9.17) is 0 Å². The number of amides is 1. The molecule has 0 radical (unpaired) electrons. The summed E-state index contributed by atoms with van der Waals surface area (Å²) in [7, 11) is 0. The first-order chi connectivity index (χ1) is 10.6. The molecule has 1 saturated heterocycles. The number of piperidine rings is 1. The lowest BCUT2D eigenvalue weighted by Crippen LogP contribution is -2.39. The number of hydrogen-bond acceptors (Lipinski definition) is 4. The number of aromatic nitrogens is 3. The molecule has 118 valence electrons. The third kappa shape index (κ3) is 2.79. The molecule has 0 saturated carbocycles. The van der Waals surface area contributed by atoms with Crippen LogP contribution in [0.25, 0.3) is 0 Å². The Hall–Kier alpha value is -1.69. The van der Waals surface area contributed by atoms with Crippen LogP contribution in [-0.2, 0) is 0 Å². The Morgan fingerprint density at radius 1 is 1.36 bits per heavy atom. The van der Waals surface area contributed by atoms with Gasteiger partial charge in [-0.15, -0.1) is 11.3 Å². The topological polar surface area (TPSA) is 51.0 Å². The molecule has 0 aliphatic carbocycles. The van der Waals surface area contributed by atoms with Crippen LogP contribution in [-0.4, -0.2) is 38.4 Å². The summed E-state index contributed by atoms with van der Waals surface area (Å²) in [6, 6.07) is 0.451. The van der Waals surface area contributed by atoms with Crippen LogP contribution in [0.2, 0.25) is 0 Å². The first-order valence-electron chi connectivity index (χ1n) is 7.79. The molecule has 0 spiro atoms. The summed E-state index contributed by atoms with van der Waals surface area (Å²) in [5, 5.41) is 0. The minimum absolute atomic E-state index is 0.0887. The minimum atomic E-state index is 0.0887. The van der Waals surface area contributed by atoms with E-state index in [1.54, 1.807) is 16.8 Å². The molecule has 0 unspecified atom stereocenters. The largest absolute Gasteiger partial charge is 0.337 e. The van der Waals surface area contributed by atoms with Crippen LogP contribution in [0.5, 0.6) is 0 Å². The number of likely N-dealkylation sites (tertiary alicyclic amines) is 1. The van der Waals surface area contributed by atoms with E-state index in [9.17, 15) is 4.79 Å². The molecule has 0 bridgehead atoms. The van der Waals surface area contributed by atoms with Crippen LogP contribution in [0.1, 0.15) is 59.7 Å². The van der Waals surface area contributed by atoms with E-state index in [1.807, 2.05) is 17.4 Å². The van der Waals surface area contributed by atoms with Gasteiger partial charge in [-0.3, -0.25) is 4.79 Å². The van der Waals surface area contributed by atoms with Gasteiger partial charge in [0.25, 0.3) is 5.91 Å². The van der Waals surface area contributed by atoms with Crippen molar-refractivity contribution in [2.75, 3.05) is 13.1 Å². The Kier molecular flexibility index (Phi) is 4.29. The van der Waals surface area contributed by atoms with Crippen molar-refractivity contribution in [2.45, 2.75) is 45.6 Å². The molecule has 5 nitrogen and oxygen atoms in total. The predicted octanol–water partition coefficient (Wildman–Crippen LogP) is 3.25. The number of thiazole rings is 1. The van der Waals surface area contributed by atoms with Crippen molar-refractivity contribution in [3.63, 3.8) is 0 Å². The zero-order chi connectivity index (χ0) is 15.7. The highest BCUT2D eigenvalue weighted by Gasteiger charge is 2.28. The summed E-state index contributed by atoms with van der Waals surface area (Å²) in [6.07, 6.45) is 5.74. The molecular weight excluding hydrogens is 296 g/mol. The van der Waals surface area contributed by atoms with Gasteiger partial charge in [0.1, 0.15) is 5.69 Å². The van der Waals surface area contributed by atoms with Crippen LogP contribution in [0.15, 0.2) is 18.0 Å². The number of nitrogens with zero attached hydrogens (tertiary/aromatic N) is 4. The van der Waals surface area contributed by atoms with E-state index in [0.717, 1.165) is 30.8 Å². The lowest BCUT2D eigenvalue weighted by atomic mass is 10.0. The Balaban J connectivity index is 1.67. The number of carbonyl (C=O) groups is 1. The van der Waals surface area contributed by atoms with Crippen molar-refractivity contribution in [3.8, 4) is 0 Å². The Morgan fingerprint density at radius 3 is 2.68 bits per heavy atom. The molecule has 1 fully saturated rings. The number of aryl methyl sites for hydroxylation is 1. The van der Waals surface area contributed by atoms with Gasteiger partial charge in [0.05, 0.1) is 11.8 Å². The number of rotatable bonds is 3. The average molecular weight is 318 g/mol. The SMILES string of the molecule is Cc1cncn1C1CCN(C(=O)c2ncsc2C(C)C)CC1. The van der Waals surface area contributed by atoms with Crippen LogP contribution in [0, 0.1) is 6.92 Å². The van der Waals surface area contributed by atoms with Gasteiger partial charge < -0.3 is 9.47 Å². The summed E-state index contributed by atoms with van der Waals surface area (Å²) in [6.45, 7) is 7.87. The van der Waals surface area contributed by atoms with Gasteiger partial charge in [0.15, 0.2) is 0 Å². The fourth-order valence-corrected chi connectivity index (χ4v) is 3.87. The maximum absolute atomic E-state index is 12.7. The quantitative estimate of drug-likeness (QED) is 0.873. The van der Waals surface area contributed by atoms with E-state index >= 15 is 0 Å². The standard InChI is InChI=1S/C16H22N4OS/c1-11(2)15-14(18-10-22-15)16(21)19-6-4-13(5-7-19)20-9-17-8-12(20)3/h8-11,13H,4-7H2,1-3H3. The highest BCUT2D eigenvalue weighted by Crippen LogP contribution is 2.28. The molecule has 0 atom stereocenters. The number of hydrogen-bond donors (Lipinski definition) is 0. The van der Waals surface area contributed by atoms with E-state index in [1.165, 1.54) is 5.69 Å². The van der Waals surface area contributed by atoms with Crippen molar-refractivity contribution in [2.24, 2.45) is 0 Å². The van der Waals surface area contributed by atoms with Crippen molar-refractivity contribution in [1.82, 2.24) is 19.4 Å².